The van der Waals surface area contributed by atoms with Gasteiger partial charge >= 0.3 is 0 Å². The van der Waals surface area contributed by atoms with Crippen LogP contribution in [-0.2, 0) is 4.79 Å². The number of hydrogen-bond acceptors (Lipinski definition) is 2. The number of hydrogen-bond donors (Lipinski definition) is 0. The van der Waals surface area contributed by atoms with E-state index in [0.717, 1.165) is 0 Å². The third kappa shape index (κ3) is 2.11. The number of anilines is 1. The molecule has 3 nitrogen and oxygen atoms in total. The molecule has 1 heterocycles. The minimum atomic E-state index is -0.483. The molecule has 0 atom stereocenters. The van der Waals surface area contributed by atoms with Gasteiger partial charge in [-0.3, -0.25) is 9.59 Å². The first-order valence-electron chi connectivity index (χ1n) is 5.27. The van der Waals surface area contributed by atoms with Crippen LogP contribution in [0.2, 0.25) is 5.02 Å². The van der Waals surface area contributed by atoms with Crippen LogP contribution in [-0.4, -0.2) is 18.2 Å². The summed E-state index contributed by atoms with van der Waals surface area (Å²) in [7, 11) is 0. The summed E-state index contributed by atoms with van der Waals surface area (Å²) in [6, 6.07) is 3.24. The molecule has 0 bridgehead atoms. The van der Waals surface area contributed by atoms with Gasteiger partial charge in [0.25, 0.3) is 11.7 Å². The Morgan fingerprint density at radius 1 is 1.35 bits per heavy atom. The van der Waals surface area contributed by atoms with Gasteiger partial charge in [0, 0.05) is 16.0 Å². The second kappa shape index (κ2) is 4.42. The Hall–Kier alpha value is -0.870. The second-order valence-corrected chi connectivity index (χ2v) is 5.71. The van der Waals surface area contributed by atoms with E-state index < -0.39 is 11.7 Å². The zero-order chi connectivity index (χ0) is 12.7. The van der Waals surface area contributed by atoms with Gasteiger partial charge in [0.15, 0.2) is 0 Å². The van der Waals surface area contributed by atoms with Gasteiger partial charge in [-0.25, -0.2) is 0 Å². The maximum Gasteiger partial charge on any atom is 0.299 e. The van der Waals surface area contributed by atoms with Crippen molar-refractivity contribution in [2.45, 2.75) is 13.8 Å². The van der Waals surface area contributed by atoms with Crippen LogP contribution in [0.4, 0.5) is 5.69 Å². The van der Waals surface area contributed by atoms with Crippen molar-refractivity contribution in [1.29, 1.82) is 0 Å². The molecule has 1 amide bonds. The van der Waals surface area contributed by atoms with E-state index in [1.165, 1.54) is 4.90 Å². The standard InChI is InChI=1S/C12H11BrClNO2/c1-6(2)5-15-10-8(11(16)12(15)17)3-7(14)4-9(10)13/h3-4,6H,5H2,1-2H3. The summed E-state index contributed by atoms with van der Waals surface area (Å²) in [6.07, 6.45) is 0. The predicted molar refractivity (Wildman–Crippen MR) is 70.7 cm³/mol. The molecule has 0 saturated carbocycles. The minimum absolute atomic E-state index is 0.292. The normalized spacial score (nSPS) is 14.8. The van der Waals surface area contributed by atoms with E-state index in [1.54, 1.807) is 12.1 Å². The van der Waals surface area contributed by atoms with Crippen molar-refractivity contribution in [1.82, 2.24) is 0 Å². The highest BCUT2D eigenvalue weighted by atomic mass is 79.9. The van der Waals surface area contributed by atoms with E-state index in [4.69, 9.17) is 11.6 Å². The highest BCUT2D eigenvalue weighted by molar-refractivity contribution is 9.10. The third-order valence-corrected chi connectivity index (χ3v) is 3.35. The molecule has 90 valence electrons. The fraction of sp³-hybridized carbons (Fsp3) is 0.333. The second-order valence-electron chi connectivity index (χ2n) is 4.42. The van der Waals surface area contributed by atoms with E-state index in [1.807, 2.05) is 13.8 Å². The van der Waals surface area contributed by atoms with Crippen LogP contribution in [0.15, 0.2) is 16.6 Å². The summed E-state index contributed by atoms with van der Waals surface area (Å²) >= 11 is 9.24. The van der Waals surface area contributed by atoms with E-state index in [0.29, 0.717) is 33.2 Å². The van der Waals surface area contributed by atoms with Crippen LogP contribution < -0.4 is 4.90 Å². The number of ketones is 1. The van der Waals surface area contributed by atoms with Crippen molar-refractivity contribution in [3.8, 4) is 0 Å². The van der Waals surface area contributed by atoms with Crippen molar-refractivity contribution in [3.05, 3.63) is 27.2 Å². The molecule has 0 spiro atoms. The summed E-state index contributed by atoms with van der Waals surface area (Å²) in [5.41, 5.74) is 1.02. The van der Waals surface area contributed by atoms with Gasteiger partial charge in [0.1, 0.15) is 0 Å². The van der Waals surface area contributed by atoms with Gasteiger partial charge in [-0.2, -0.15) is 0 Å². The molecule has 1 aliphatic rings. The topological polar surface area (TPSA) is 37.4 Å². The van der Waals surface area contributed by atoms with Crippen LogP contribution in [0.25, 0.3) is 0 Å². The molecule has 0 fully saturated rings. The van der Waals surface area contributed by atoms with Crippen molar-refractivity contribution >= 4 is 44.9 Å². The number of halogens is 2. The van der Waals surface area contributed by atoms with Crippen LogP contribution in [0, 0.1) is 5.92 Å². The smallest absolute Gasteiger partial charge is 0.299 e. The Bertz CT molecular complexity index is 513. The first kappa shape index (κ1) is 12.6. The van der Waals surface area contributed by atoms with Crippen molar-refractivity contribution in [3.63, 3.8) is 0 Å². The van der Waals surface area contributed by atoms with Crippen LogP contribution >= 0.6 is 27.5 Å². The molecule has 1 aromatic carbocycles. The lowest BCUT2D eigenvalue weighted by Gasteiger charge is -2.19. The molecule has 0 aliphatic carbocycles. The van der Waals surface area contributed by atoms with Crippen molar-refractivity contribution in [2.75, 3.05) is 11.4 Å². The average Bonchev–Trinajstić information content (AvgIpc) is 2.43. The highest BCUT2D eigenvalue weighted by Crippen LogP contribution is 2.38. The number of amides is 1. The third-order valence-electron chi connectivity index (χ3n) is 2.53. The van der Waals surface area contributed by atoms with Gasteiger partial charge < -0.3 is 4.90 Å². The largest absolute Gasteiger partial charge is 0.303 e. The van der Waals surface area contributed by atoms with E-state index in [2.05, 4.69) is 15.9 Å². The summed E-state index contributed by atoms with van der Waals surface area (Å²) in [6.45, 7) is 4.52. The Morgan fingerprint density at radius 3 is 2.59 bits per heavy atom. The summed E-state index contributed by atoms with van der Waals surface area (Å²) in [4.78, 5) is 25.2. The fourth-order valence-electron chi connectivity index (χ4n) is 1.89. The molecular formula is C12H11BrClNO2. The van der Waals surface area contributed by atoms with Gasteiger partial charge in [0.2, 0.25) is 0 Å². The van der Waals surface area contributed by atoms with E-state index in [-0.39, 0.29) is 0 Å². The van der Waals surface area contributed by atoms with Gasteiger partial charge in [-0.1, -0.05) is 25.4 Å². The predicted octanol–water partition coefficient (Wildman–Crippen LogP) is 3.29. The van der Waals surface area contributed by atoms with Crippen LogP contribution in [0.3, 0.4) is 0 Å². The lowest BCUT2D eigenvalue weighted by Crippen LogP contribution is -2.33. The number of carbonyl (C=O) groups excluding carboxylic acids is 2. The fourth-order valence-corrected chi connectivity index (χ4v) is 2.92. The quantitative estimate of drug-likeness (QED) is 0.785. The Labute approximate surface area is 113 Å². The minimum Gasteiger partial charge on any atom is -0.303 e. The number of carbonyl (C=O) groups is 2. The molecule has 0 saturated heterocycles. The van der Waals surface area contributed by atoms with Crippen LogP contribution in [0.1, 0.15) is 24.2 Å². The highest BCUT2D eigenvalue weighted by Gasteiger charge is 2.37. The Balaban J connectivity index is 2.56. The summed E-state index contributed by atoms with van der Waals surface area (Å²) < 4.78 is 0.680. The van der Waals surface area contributed by atoms with E-state index >= 15 is 0 Å². The SMILES string of the molecule is CC(C)CN1C(=O)C(=O)c2cc(Cl)cc(Br)c21. The summed E-state index contributed by atoms with van der Waals surface area (Å²) in [5, 5.41) is 0.447. The molecule has 5 heteroatoms. The number of nitrogens with zero attached hydrogens (tertiary/aromatic N) is 1. The number of fused-ring (bicyclic) bond motifs is 1. The molecule has 2 rings (SSSR count). The molecule has 0 N–H and O–H groups in total. The summed E-state index contributed by atoms with van der Waals surface area (Å²) in [5.74, 6) is -0.666. The number of rotatable bonds is 2. The molecular weight excluding hydrogens is 305 g/mol. The van der Waals surface area contributed by atoms with Crippen molar-refractivity contribution < 1.29 is 9.59 Å². The lowest BCUT2D eigenvalue weighted by molar-refractivity contribution is -0.114. The maximum atomic E-state index is 11.9. The zero-order valence-electron chi connectivity index (χ0n) is 9.46. The van der Waals surface area contributed by atoms with E-state index in [9.17, 15) is 9.59 Å². The molecule has 0 aromatic heterocycles. The first-order chi connectivity index (χ1) is 7.91. The first-order valence-corrected chi connectivity index (χ1v) is 6.44. The van der Waals surface area contributed by atoms with Gasteiger partial charge in [0.05, 0.1) is 11.3 Å². The molecule has 0 unspecified atom stereocenters. The molecule has 17 heavy (non-hydrogen) atoms. The van der Waals surface area contributed by atoms with Crippen LogP contribution in [0.5, 0.6) is 0 Å². The average molecular weight is 317 g/mol. The zero-order valence-corrected chi connectivity index (χ0v) is 11.8. The maximum absolute atomic E-state index is 11.9. The van der Waals surface area contributed by atoms with Crippen molar-refractivity contribution in [2.24, 2.45) is 5.92 Å². The number of Topliss-reactive ketones (excluding diaryl/α,β-unsaturated/α-hetero) is 1. The number of benzene rings is 1. The van der Waals surface area contributed by atoms with Gasteiger partial charge in [-0.05, 0) is 34.0 Å². The molecule has 1 aliphatic heterocycles. The Morgan fingerprint density at radius 2 is 2.00 bits per heavy atom. The Kier molecular flexibility index (Phi) is 3.27. The molecule has 0 radical (unpaired) electrons. The lowest BCUT2D eigenvalue weighted by atomic mass is 10.1. The molecule has 1 aromatic rings. The van der Waals surface area contributed by atoms with Gasteiger partial charge in [-0.15, -0.1) is 0 Å². The monoisotopic (exact) mass is 315 g/mol.